The molecular weight excluding hydrogens is 196 g/mol. The van der Waals surface area contributed by atoms with E-state index in [-0.39, 0.29) is 17.2 Å². The van der Waals surface area contributed by atoms with Crippen molar-refractivity contribution in [2.75, 3.05) is 5.73 Å². The summed E-state index contributed by atoms with van der Waals surface area (Å²) in [5.41, 5.74) is 5.62. The molecule has 0 saturated heterocycles. The molecule has 0 aliphatic rings. The average molecular weight is 208 g/mol. The van der Waals surface area contributed by atoms with Crippen LogP contribution in [0.4, 0.5) is 11.4 Å². The molecule has 0 aliphatic carbocycles. The Balaban J connectivity index is 3.07. The lowest BCUT2D eigenvalue weighted by atomic mass is 10.1. The first kappa shape index (κ1) is 11.2. The van der Waals surface area contributed by atoms with Crippen LogP contribution >= 0.6 is 0 Å². The summed E-state index contributed by atoms with van der Waals surface area (Å²) in [6, 6.07) is 4.13. The van der Waals surface area contributed by atoms with E-state index in [1.165, 1.54) is 18.2 Å². The molecule has 0 heterocycles. The fourth-order valence-corrected chi connectivity index (χ4v) is 1.25. The molecule has 1 aromatic carbocycles. The lowest BCUT2D eigenvalue weighted by Gasteiger charge is -2.01. The molecule has 15 heavy (non-hydrogen) atoms. The van der Waals surface area contributed by atoms with Crippen molar-refractivity contribution in [3.8, 4) is 0 Å². The van der Waals surface area contributed by atoms with E-state index in [1.807, 2.05) is 6.92 Å². The number of nitrogens with zero attached hydrogens (tertiary/aromatic N) is 1. The molecule has 0 radical (unpaired) electrons. The fraction of sp³-hybridized carbons (Fsp3) is 0.300. The van der Waals surface area contributed by atoms with Crippen molar-refractivity contribution in [3.05, 3.63) is 33.9 Å². The highest BCUT2D eigenvalue weighted by Gasteiger charge is 2.14. The number of nitro groups is 1. The van der Waals surface area contributed by atoms with Crippen LogP contribution in [0.2, 0.25) is 0 Å². The van der Waals surface area contributed by atoms with Gasteiger partial charge in [0.1, 0.15) is 5.69 Å². The van der Waals surface area contributed by atoms with E-state index < -0.39 is 4.92 Å². The molecule has 0 aliphatic heterocycles. The highest BCUT2D eigenvalue weighted by Crippen LogP contribution is 2.23. The molecule has 5 heteroatoms. The number of hydrogen-bond acceptors (Lipinski definition) is 4. The highest BCUT2D eigenvalue weighted by molar-refractivity contribution is 5.97. The number of Topliss-reactive ketones (excluding diaryl/α,β-unsaturated/α-hetero) is 1. The molecule has 5 nitrogen and oxygen atoms in total. The number of carbonyl (C=O) groups excluding carboxylic acids is 1. The number of nitrogen functional groups attached to an aromatic ring is 1. The monoisotopic (exact) mass is 208 g/mol. The van der Waals surface area contributed by atoms with Gasteiger partial charge in [-0.3, -0.25) is 14.9 Å². The second kappa shape index (κ2) is 4.54. The maximum atomic E-state index is 11.5. The molecule has 0 saturated carbocycles. The minimum atomic E-state index is -0.585. The number of carbonyl (C=O) groups is 1. The van der Waals surface area contributed by atoms with Crippen LogP contribution in [0.3, 0.4) is 0 Å². The van der Waals surface area contributed by atoms with Crippen LogP contribution in [0.15, 0.2) is 18.2 Å². The van der Waals surface area contributed by atoms with Gasteiger partial charge in [0.15, 0.2) is 5.78 Å². The Labute approximate surface area is 87.0 Å². The van der Waals surface area contributed by atoms with Crippen molar-refractivity contribution in [1.82, 2.24) is 0 Å². The minimum Gasteiger partial charge on any atom is -0.393 e. The fourth-order valence-electron chi connectivity index (χ4n) is 1.25. The molecule has 0 unspecified atom stereocenters. The van der Waals surface area contributed by atoms with E-state index in [0.717, 1.165) is 6.42 Å². The molecule has 0 aromatic heterocycles. The zero-order valence-corrected chi connectivity index (χ0v) is 8.40. The largest absolute Gasteiger partial charge is 0.393 e. The van der Waals surface area contributed by atoms with Gasteiger partial charge in [0.05, 0.1) is 4.92 Å². The van der Waals surface area contributed by atoms with Crippen LogP contribution in [0.25, 0.3) is 0 Å². The summed E-state index contributed by atoms with van der Waals surface area (Å²) in [5, 5.41) is 10.6. The predicted molar refractivity (Wildman–Crippen MR) is 56.7 cm³/mol. The van der Waals surface area contributed by atoms with Crippen molar-refractivity contribution in [1.29, 1.82) is 0 Å². The van der Waals surface area contributed by atoms with Crippen LogP contribution in [-0.4, -0.2) is 10.7 Å². The topological polar surface area (TPSA) is 86.2 Å². The number of anilines is 1. The average Bonchev–Trinajstić information content (AvgIpc) is 2.18. The van der Waals surface area contributed by atoms with Crippen LogP contribution in [0.1, 0.15) is 30.1 Å². The first-order chi connectivity index (χ1) is 7.06. The second-order valence-electron chi connectivity index (χ2n) is 3.20. The highest BCUT2D eigenvalue weighted by atomic mass is 16.6. The van der Waals surface area contributed by atoms with Crippen LogP contribution < -0.4 is 5.73 Å². The van der Waals surface area contributed by atoms with Crippen LogP contribution in [0, 0.1) is 10.1 Å². The van der Waals surface area contributed by atoms with Crippen molar-refractivity contribution in [3.63, 3.8) is 0 Å². The van der Waals surface area contributed by atoms with E-state index >= 15 is 0 Å². The first-order valence-electron chi connectivity index (χ1n) is 4.63. The van der Waals surface area contributed by atoms with Gasteiger partial charge in [-0.05, 0) is 18.6 Å². The Morgan fingerprint density at radius 2 is 2.20 bits per heavy atom. The van der Waals surface area contributed by atoms with Gasteiger partial charge in [0.25, 0.3) is 5.69 Å². The summed E-state index contributed by atoms with van der Waals surface area (Å²) in [6.07, 6.45) is 1.11. The maximum Gasteiger partial charge on any atom is 0.292 e. The van der Waals surface area contributed by atoms with E-state index in [1.54, 1.807) is 0 Å². The van der Waals surface area contributed by atoms with Gasteiger partial charge in [-0.2, -0.15) is 0 Å². The molecule has 0 atom stereocenters. The van der Waals surface area contributed by atoms with E-state index in [9.17, 15) is 14.9 Å². The Bertz CT molecular complexity index is 402. The number of hydrogen-bond donors (Lipinski definition) is 1. The van der Waals surface area contributed by atoms with Gasteiger partial charge < -0.3 is 5.73 Å². The molecular formula is C10H12N2O3. The first-order valence-corrected chi connectivity index (χ1v) is 4.63. The zero-order valence-electron chi connectivity index (χ0n) is 8.40. The van der Waals surface area contributed by atoms with Crippen molar-refractivity contribution < 1.29 is 9.72 Å². The quantitative estimate of drug-likeness (QED) is 0.355. The summed E-state index contributed by atoms with van der Waals surface area (Å²) >= 11 is 0. The molecule has 0 spiro atoms. The van der Waals surface area contributed by atoms with Gasteiger partial charge in [0.2, 0.25) is 0 Å². The molecule has 0 bridgehead atoms. The summed E-state index contributed by atoms with van der Waals surface area (Å²) in [6.45, 7) is 1.88. The molecule has 0 fully saturated rings. The molecule has 2 N–H and O–H groups in total. The molecule has 1 rings (SSSR count). The van der Waals surface area contributed by atoms with Gasteiger partial charge >= 0.3 is 0 Å². The molecule has 80 valence electrons. The van der Waals surface area contributed by atoms with Crippen molar-refractivity contribution in [2.24, 2.45) is 0 Å². The third-order valence-corrected chi connectivity index (χ3v) is 2.03. The predicted octanol–water partition coefficient (Wildman–Crippen LogP) is 2.16. The SMILES string of the molecule is CCCC(=O)c1ccc(N)c([N+](=O)[O-])c1. The standard InChI is InChI=1S/C10H12N2O3/c1-2-3-10(13)7-4-5-8(11)9(6-7)12(14)15/h4-6H,2-3,11H2,1H3. The summed E-state index contributed by atoms with van der Waals surface area (Å²) in [7, 11) is 0. The minimum absolute atomic E-state index is 0.0769. The number of nitro benzene ring substituents is 1. The molecule has 0 amide bonds. The maximum absolute atomic E-state index is 11.5. The Kier molecular flexibility index (Phi) is 3.38. The number of rotatable bonds is 4. The summed E-state index contributed by atoms with van der Waals surface area (Å²) in [4.78, 5) is 21.5. The van der Waals surface area contributed by atoms with Gasteiger partial charge in [0, 0.05) is 18.1 Å². The smallest absolute Gasteiger partial charge is 0.292 e. The lowest BCUT2D eigenvalue weighted by Crippen LogP contribution is -2.02. The van der Waals surface area contributed by atoms with E-state index in [0.29, 0.717) is 12.0 Å². The third-order valence-electron chi connectivity index (χ3n) is 2.03. The van der Waals surface area contributed by atoms with Gasteiger partial charge in [-0.25, -0.2) is 0 Å². The van der Waals surface area contributed by atoms with E-state index in [2.05, 4.69) is 0 Å². The molecule has 1 aromatic rings. The number of benzene rings is 1. The zero-order chi connectivity index (χ0) is 11.4. The Morgan fingerprint density at radius 1 is 1.53 bits per heavy atom. The van der Waals surface area contributed by atoms with Crippen LogP contribution in [0.5, 0.6) is 0 Å². The third kappa shape index (κ3) is 2.52. The Hall–Kier alpha value is -1.91. The van der Waals surface area contributed by atoms with Crippen molar-refractivity contribution in [2.45, 2.75) is 19.8 Å². The second-order valence-corrected chi connectivity index (χ2v) is 3.20. The lowest BCUT2D eigenvalue weighted by molar-refractivity contribution is -0.383. The number of ketones is 1. The number of nitrogens with two attached hydrogens (primary N) is 1. The summed E-state index contributed by atoms with van der Waals surface area (Å²) in [5.74, 6) is -0.0967. The summed E-state index contributed by atoms with van der Waals surface area (Å²) < 4.78 is 0. The van der Waals surface area contributed by atoms with Crippen LogP contribution in [-0.2, 0) is 0 Å². The van der Waals surface area contributed by atoms with Gasteiger partial charge in [-0.15, -0.1) is 0 Å². The van der Waals surface area contributed by atoms with Gasteiger partial charge in [-0.1, -0.05) is 6.92 Å². The Morgan fingerprint density at radius 3 is 2.73 bits per heavy atom. The van der Waals surface area contributed by atoms with E-state index in [4.69, 9.17) is 5.73 Å². The normalized spacial score (nSPS) is 9.93. The van der Waals surface area contributed by atoms with Crippen molar-refractivity contribution >= 4 is 17.2 Å².